The molecule has 0 aliphatic rings. The fourth-order valence-electron chi connectivity index (χ4n) is 0.963. The highest BCUT2D eigenvalue weighted by molar-refractivity contribution is 7.99. The molecule has 0 atom stereocenters. The van der Waals surface area contributed by atoms with Crippen LogP contribution in [0.3, 0.4) is 0 Å². The van der Waals surface area contributed by atoms with Crippen LogP contribution in [-0.4, -0.2) is 16.7 Å². The molecule has 0 aromatic carbocycles. The Morgan fingerprint density at radius 3 is 2.93 bits per heavy atom. The molecule has 1 aromatic heterocycles. The number of hydrogen-bond acceptors (Lipinski definition) is 4. The fraction of sp³-hybridized carbons (Fsp3) is 0.455. The molecule has 4 heteroatoms. The standard InChI is InChI=1S/C11H15NO2S/c1-8(2)7-15-11-10(14-9(3)13)5-4-6-12-11/h4-6,8H,7H2,1-3H3. The van der Waals surface area contributed by atoms with Gasteiger partial charge in [-0.25, -0.2) is 4.98 Å². The predicted octanol–water partition coefficient (Wildman–Crippen LogP) is 2.76. The predicted molar refractivity (Wildman–Crippen MR) is 61.1 cm³/mol. The van der Waals surface area contributed by atoms with Crippen LogP contribution >= 0.6 is 11.8 Å². The van der Waals surface area contributed by atoms with Crippen molar-refractivity contribution in [2.45, 2.75) is 25.8 Å². The number of ether oxygens (including phenoxy) is 1. The summed E-state index contributed by atoms with van der Waals surface area (Å²) in [5, 5.41) is 0.779. The number of rotatable bonds is 4. The quantitative estimate of drug-likeness (QED) is 0.583. The highest BCUT2D eigenvalue weighted by Crippen LogP contribution is 2.27. The van der Waals surface area contributed by atoms with Gasteiger partial charge < -0.3 is 4.74 Å². The Morgan fingerprint density at radius 1 is 1.60 bits per heavy atom. The SMILES string of the molecule is CC(=O)Oc1cccnc1SCC(C)C. The van der Waals surface area contributed by atoms with Crippen LogP contribution in [0.25, 0.3) is 0 Å². The maximum absolute atomic E-state index is 10.8. The number of thioether (sulfide) groups is 1. The lowest BCUT2D eigenvalue weighted by Gasteiger charge is -2.08. The maximum atomic E-state index is 10.8. The summed E-state index contributed by atoms with van der Waals surface area (Å²) in [7, 11) is 0. The molecule has 82 valence electrons. The average Bonchev–Trinajstić information content (AvgIpc) is 2.15. The van der Waals surface area contributed by atoms with E-state index in [9.17, 15) is 4.79 Å². The van der Waals surface area contributed by atoms with Crippen LogP contribution < -0.4 is 4.74 Å². The number of carbonyl (C=O) groups is 1. The highest BCUT2D eigenvalue weighted by atomic mass is 32.2. The lowest BCUT2D eigenvalue weighted by atomic mass is 10.3. The molecule has 0 aliphatic heterocycles. The Hall–Kier alpha value is -1.03. The van der Waals surface area contributed by atoms with Crippen molar-refractivity contribution in [2.24, 2.45) is 5.92 Å². The van der Waals surface area contributed by atoms with E-state index in [4.69, 9.17) is 4.74 Å². The van der Waals surface area contributed by atoms with E-state index in [-0.39, 0.29) is 5.97 Å². The molecule has 0 radical (unpaired) electrons. The molecule has 1 heterocycles. The number of hydrogen-bond donors (Lipinski definition) is 0. The smallest absolute Gasteiger partial charge is 0.308 e. The monoisotopic (exact) mass is 225 g/mol. The Labute approximate surface area is 94.2 Å². The molecule has 0 aliphatic carbocycles. The summed E-state index contributed by atoms with van der Waals surface area (Å²) in [5.74, 6) is 1.79. The second-order valence-corrected chi connectivity index (χ2v) is 4.61. The van der Waals surface area contributed by atoms with Crippen LogP contribution in [0.15, 0.2) is 23.4 Å². The number of aromatic nitrogens is 1. The third-order valence-electron chi connectivity index (χ3n) is 1.54. The Balaban J connectivity index is 2.72. The maximum Gasteiger partial charge on any atom is 0.308 e. The fourth-order valence-corrected chi connectivity index (χ4v) is 1.84. The number of pyridine rings is 1. The van der Waals surface area contributed by atoms with Gasteiger partial charge in [0.1, 0.15) is 5.03 Å². The molecular formula is C11H15NO2S. The van der Waals surface area contributed by atoms with Gasteiger partial charge >= 0.3 is 5.97 Å². The Morgan fingerprint density at radius 2 is 2.33 bits per heavy atom. The Kier molecular flexibility index (Phi) is 4.62. The Bertz CT molecular complexity index is 339. The molecule has 0 bridgehead atoms. The van der Waals surface area contributed by atoms with E-state index in [0.29, 0.717) is 11.7 Å². The van der Waals surface area contributed by atoms with Gasteiger partial charge in [0, 0.05) is 18.9 Å². The lowest BCUT2D eigenvalue weighted by Crippen LogP contribution is -2.03. The lowest BCUT2D eigenvalue weighted by molar-refractivity contribution is -0.132. The first-order valence-electron chi connectivity index (χ1n) is 4.86. The summed E-state index contributed by atoms with van der Waals surface area (Å²) < 4.78 is 5.06. The zero-order valence-corrected chi connectivity index (χ0v) is 10.0. The molecule has 1 aromatic rings. The van der Waals surface area contributed by atoms with E-state index in [1.54, 1.807) is 30.1 Å². The largest absolute Gasteiger partial charge is 0.424 e. The molecule has 3 nitrogen and oxygen atoms in total. The second-order valence-electron chi connectivity index (χ2n) is 3.61. The minimum atomic E-state index is -0.311. The van der Waals surface area contributed by atoms with Crippen molar-refractivity contribution in [3.63, 3.8) is 0 Å². The van der Waals surface area contributed by atoms with E-state index >= 15 is 0 Å². The molecule has 0 amide bonds. The van der Waals surface area contributed by atoms with Gasteiger partial charge in [0.2, 0.25) is 0 Å². The van der Waals surface area contributed by atoms with Gasteiger partial charge in [-0.05, 0) is 18.1 Å². The van der Waals surface area contributed by atoms with Gasteiger partial charge in [-0.2, -0.15) is 0 Å². The van der Waals surface area contributed by atoms with Gasteiger partial charge in [-0.1, -0.05) is 13.8 Å². The normalized spacial score (nSPS) is 10.4. The molecular weight excluding hydrogens is 210 g/mol. The van der Waals surface area contributed by atoms with Crippen molar-refractivity contribution in [1.29, 1.82) is 0 Å². The summed E-state index contributed by atoms with van der Waals surface area (Å²) in [6, 6.07) is 3.52. The van der Waals surface area contributed by atoms with Crippen LogP contribution in [0.4, 0.5) is 0 Å². The van der Waals surface area contributed by atoms with Crippen molar-refractivity contribution >= 4 is 17.7 Å². The van der Waals surface area contributed by atoms with Crippen molar-refractivity contribution < 1.29 is 9.53 Å². The highest BCUT2D eigenvalue weighted by Gasteiger charge is 2.08. The molecule has 0 fully saturated rings. The minimum absolute atomic E-state index is 0.311. The van der Waals surface area contributed by atoms with E-state index in [1.807, 2.05) is 0 Å². The molecule has 1 rings (SSSR count). The third kappa shape index (κ3) is 4.34. The van der Waals surface area contributed by atoms with Gasteiger partial charge in [0.25, 0.3) is 0 Å². The summed E-state index contributed by atoms with van der Waals surface area (Å²) in [6.07, 6.45) is 1.70. The zero-order valence-electron chi connectivity index (χ0n) is 9.19. The van der Waals surface area contributed by atoms with Crippen LogP contribution in [0.5, 0.6) is 5.75 Å². The van der Waals surface area contributed by atoms with Crippen molar-refractivity contribution in [3.05, 3.63) is 18.3 Å². The minimum Gasteiger partial charge on any atom is -0.424 e. The molecule has 0 saturated heterocycles. The molecule has 0 spiro atoms. The van der Waals surface area contributed by atoms with Gasteiger partial charge in [0.15, 0.2) is 5.75 Å². The van der Waals surface area contributed by atoms with Crippen molar-refractivity contribution in [2.75, 3.05) is 5.75 Å². The van der Waals surface area contributed by atoms with E-state index < -0.39 is 0 Å². The summed E-state index contributed by atoms with van der Waals surface area (Å²) in [6.45, 7) is 5.67. The molecule has 0 N–H and O–H groups in total. The van der Waals surface area contributed by atoms with Crippen molar-refractivity contribution in [3.8, 4) is 5.75 Å². The second kappa shape index (κ2) is 5.75. The molecule has 15 heavy (non-hydrogen) atoms. The number of carbonyl (C=O) groups excluding carboxylic acids is 1. The topological polar surface area (TPSA) is 39.2 Å². The third-order valence-corrected chi connectivity index (χ3v) is 2.96. The van der Waals surface area contributed by atoms with E-state index in [2.05, 4.69) is 18.8 Å². The van der Waals surface area contributed by atoms with Gasteiger partial charge in [-0.15, -0.1) is 11.8 Å². The average molecular weight is 225 g/mol. The number of esters is 1. The summed E-state index contributed by atoms with van der Waals surface area (Å²) >= 11 is 1.61. The van der Waals surface area contributed by atoms with Crippen LogP contribution in [0.2, 0.25) is 0 Å². The van der Waals surface area contributed by atoms with E-state index in [0.717, 1.165) is 10.8 Å². The first-order valence-corrected chi connectivity index (χ1v) is 5.84. The van der Waals surface area contributed by atoms with E-state index in [1.165, 1.54) is 6.92 Å². The van der Waals surface area contributed by atoms with Gasteiger partial charge in [0.05, 0.1) is 0 Å². The zero-order chi connectivity index (χ0) is 11.3. The molecule has 0 unspecified atom stereocenters. The summed E-state index contributed by atoms with van der Waals surface area (Å²) in [4.78, 5) is 15.0. The first-order chi connectivity index (χ1) is 7.09. The summed E-state index contributed by atoms with van der Waals surface area (Å²) in [5.41, 5.74) is 0. The van der Waals surface area contributed by atoms with Crippen LogP contribution in [0, 0.1) is 5.92 Å². The van der Waals surface area contributed by atoms with Crippen molar-refractivity contribution in [1.82, 2.24) is 4.98 Å². The molecule has 0 saturated carbocycles. The van der Waals surface area contributed by atoms with Gasteiger partial charge in [-0.3, -0.25) is 4.79 Å². The van der Waals surface area contributed by atoms with Crippen LogP contribution in [0.1, 0.15) is 20.8 Å². The first kappa shape index (κ1) is 12.0. The number of nitrogens with zero attached hydrogens (tertiary/aromatic N) is 1. The van der Waals surface area contributed by atoms with Crippen LogP contribution in [-0.2, 0) is 4.79 Å².